The number of nitrogens with zero attached hydrogens (tertiary/aromatic N) is 1. The minimum Gasteiger partial charge on any atom is -0.443 e. The van der Waals surface area contributed by atoms with Crippen molar-refractivity contribution in [2.75, 3.05) is 4.90 Å². The van der Waals surface area contributed by atoms with Crippen molar-refractivity contribution in [2.24, 2.45) is 0 Å². The summed E-state index contributed by atoms with van der Waals surface area (Å²) >= 11 is 3.38. The second-order valence-corrected chi connectivity index (χ2v) is 5.98. The largest absolute Gasteiger partial charge is 0.443 e. The number of hydrogen-bond donors (Lipinski definition) is 0. The molecule has 0 radical (unpaired) electrons. The van der Waals surface area contributed by atoms with Gasteiger partial charge in [0.05, 0.1) is 12.1 Å². The van der Waals surface area contributed by atoms with Gasteiger partial charge in [0.1, 0.15) is 5.60 Å². The Morgan fingerprint density at radius 1 is 1.39 bits per heavy atom. The average Bonchev–Trinajstić information content (AvgIpc) is 2.53. The fourth-order valence-corrected chi connectivity index (χ4v) is 2.30. The molecule has 18 heavy (non-hydrogen) atoms. The van der Waals surface area contributed by atoms with E-state index in [2.05, 4.69) is 15.9 Å². The van der Waals surface area contributed by atoms with Crippen LogP contribution in [0, 0.1) is 0 Å². The van der Waals surface area contributed by atoms with Gasteiger partial charge in [-0.25, -0.2) is 9.69 Å². The van der Waals surface area contributed by atoms with Crippen LogP contribution in [0.1, 0.15) is 26.3 Å². The van der Waals surface area contributed by atoms with Crippen LogP contribution < -0.4 is 4.90 Å². The van der Waals surface area contributed by atoms with Crippen molar-refractivity contribution < 1.29 is 14.3 Å². The number of carbonyl (C=O) groups excluding carboxylic acids is 2. The topological polar surface area (TPSA) is 46.6 Å². The SMILES string of the molecule is CC(C)(C)OC(=O)N1C(=O)Cc2c(Br)cccc21. The standard InChI is InChI=1S/C13H14BrNO3/c1-13(2,3)18-12(17)15-10-6-4-5-9(14)8(10)7-11(15)16/h4-6H,7H2,1-3H3. The second kappa shape index (κ2) is 4.39. The van der Waals surface area contributed by atoms with E-state index in [1.807, 2.05) is 6.07 Å². The first kappa shape index (κ1) is 13.1. The molecule has 0 saturated heterocycles. The molecular weight excluding hydrogens is 298 g/mol. The number of halogens is 1. The maximum Gasteiger partial charge on any atom is 0.421 e. The summed E-state index contributed by atoms with van der Waals surface area (Å²) < 4.78 is 6.07. The number of fused-ring (bicyclic) bond motifs is 1. The summed E-state index contributed by atoms with van der Waals surface area (Å²) in [5.41, 5.74) is 0.809. The molecule has 0 spiro atoms. The fraction of sp³-hybridized carbons (Fsp3) is 0.385. The smallest absolute Gasteiger partial charge is 0.421 e. The van der Waals surface area contributed by atoms with Gasteiger partial charge >= 0.3 is 6.09 Å². The zero-order valence-electron chi connectivity index (χ0n) is 10.5. The molecule has 0 aromatic heterocycles. The zero-order chi connectivity index (χ0) is 13.5. The van der Waals surface area contributed by atoms with E-state index in [0.29, 0.717) is 5.69 Å². The molecule has 2 rings (SSSR count). The molecular formula is C13H14BrNO3. The molecule has 96 valence electrons. The predicted octanol–water partition coefficient (Wildman–Crippen LogP) is 3.27. The van der Waals surface area contributed by atoms with Crippen LogP contribution in [-0.2, 0) is 16.0 Å². The summed E-state index contributed by atoms with van der Waals surface area (Å²) in [5.74, 6) is -0.258. The lowest BCUT2D eigenvalue weighted by Gasteiger charge is -2.23. The normalized spacial score (nSPS) is 14.7. The third-order valence-corrected chi connectivity index (χ3v) is 3.23. The van der Waals surface area contributed by atoms with Crippen LogP contribution in [0.15, 0.2) is 22.7 Å². The van der Waals surface area contributed by atoms with Crippen molar-refractivity contribution >= 4 is 33.6 Å². The average molecular weight is 312 g/mol. The number of rotatable bonds is 0. The molecule has 1 heterocycles. The van der Waals surface area contributed by atoms with Crippen LogP contribution in [0.4, 0.5) is 10.5 Å². The van der Waals surface area contributed by atoms with Crippen LogP contribution >= 0.6 is 15.9 Å². The highest BCUT2D eigenvalue weighted by Gasteiger charge is 2.36. The molecule has 0 bridgehead atoms. The Morgan fingerprint density at radius 2 is 2.06 bits per heavy atom. The number of benzene rings is 1. The number of hydrogen-bond acceptors (Lipinski definition) is 3. The third-order valence-electron chi connectivity index (χ3n) is 2.49. The lowest BCUT2D eigenvalue weighted by Crippen LogP contribution is -2.38. The third kappa shape index (κ3) is 2.41. The van der Waals surface area contributed by atoms with Gasteiger partial charge in [0.25, 0.3) is 0 Å². The molecule has 1 aromatic rings. The van der Waals surface area contributed by atoms with Gasteiger partial charge in [-0.05, 0) is 32.9 Å². The first-order valence-corrected chi connectivity index (χ1v) is 6.42. The molecule has 0 atom stereocenters. The summed E-state index contributed by atoms with van der Waals surface area (Å²) in [6, 6.07) is 5.39. The summed E-state index contributed by atoms with van der Waals surface area (Å²) in [5, 5.41) is 0. The van der Waals surface area contributed by atoms with E-state index in [0.717, 1.165) is 14.9 Å². The van der Waals surface area contributed by atoms with Crippen molar-refractivity contribution in [1.29, 1.82) is 0 Å². The Bertz CT molecular complexity index is 519. The monoisotopic (exact) mass is 311 g/mol. The van der Waals surface area contributed by atoms with Crippen molar-refractivity contribution in [3.05, 3.63) is 28.2 Å². The van der Waals surface area contributed by atoms with E-state index in [1.165, 1.54) is 0 Å². The second-order valence-electron chi connectivity index (χ2n) is 5.12. The number of imide groups is 1. The van der Waals surface area contributed by atoms with Crippen LogP contribution in [-0.4, -0.2) is 17.6 Å². The van der Waals surface area contributed by atoms with Crippen molar-refractivity contribution in [3.63, 3.8) is 0 Å². The molecule has 0 aliphatic carbocycles. The van der Waals surface area contributed by atoms with Gasteiger partial charge in [0.2, 0.25) is 5.91 Å². The van der Waals surface area contributed by atoms with Gasteiger partial charge in [0, 0.05) is 10.0 Å². The zero-order valence-corrected chi connectivity index (χ0v) is 12.1. The highest BCUT2D eigenvalue weighted by atomic mass is 79.9. The van der Waals surface area contributed by atoms with Crippen molar-refractivity contribution in [3.8, 4) is 0 Å². The molecule has 2 amide bonds. The van der Waals surface area contributed by atoms with Gasteiger partial charge in [-0.15, -0.1) is 0 Å². The quantitative estimate of drug-likeness (QED) is 0.738. The van der Waals surface area contributed by atoms with Crippen molar-refractivity contribution in [2.45, 2.75) is 32.8 Å². The minimum atomic E-state index is -0.621. The summed E-state index contributed by atoms with van der Waals surface area (Å²) in [6.45, 7) is 5.31. The van der Waals surface area contributed by atoms with Crippen LogP contribution in [0.3, 0.4) is 0 Å². The molecule has 0 unspecified atom stereocenters. The number of carbonyl (C=O) groups is 2. The Kier molecular flexibility index (Phi) is 3.19. The van der Waals surface area contributed by atoms with Crippen molar-refractivity contribution in [1.82, 2.24) is 0 Å². The minimum absolute atomic E-state index is 0.218. The van der Waals surface area contributed by atoms with Gasteiger partial charge in [0.15, 0.2) is 0 Å². The highest BCUT2D eigenvalue weighted by molar-refractivity contribution is 9.10. The van der Waals surface area contributed by atoms with E-state index in [9.17, 15) is 9.59 Å². The maximum absolute atomic E-state index is 12.0. The lowest BCUT2D eigenvalue weighted by molar-refractivity contribution is -0.117. The van der Waals surface area contributed by atoms with E-state index in [4.69, 9.17) is 4.74 Å². The summed E-state index contributed by atoms with van der Waals surface area (Å²) in [7, 11) is 0. The first-order valence-electron chi connectivity index (χ1n) is 5.63. The number of ether oxygens (including phenoxy) is 1. The fourth-order valence-electron chi connectivity index (χ4n) is 1.80. The molecule has 0 saturated carbocycles. The van der Waals surface area contributed by atoms with Gasteiger partial charge in [-0.3, -0.25) is 4.79 Å². The van der Waals surface area contributed by atoms with E-state index >= 15 is 0 Å². The lowest BCUT2D eigenvalue weighted by atomic mass is 10.2. The van der Waals surface area contributed by atoms with Crippen LogP contribution in [0.2, 0.25) is 0 Å². The molecule has 0 N–H and O–H groups in total. The Labute approximate surface area is 114 Å². The summed E-state index contributed by atoms with van der Waals surface area (Å²) in [6.07, 6.45) is -0.403. The van der Waals surface area contributed by atoms with Crippen LogP contribution in [0.25, 0.3) is 0 Å². The molecule has 1 aliphatic rings. The van der Waals surface area contributed by atoms with E-state index in [1.54, 1.807) is 32.9 Å². The van der Waals surface area contributed by atoms with Gasteiger partial charge < -0.3 is 4.74 Å². The Hall–Kier alpha value is -1.36. The van der Waals surface area contributed by atoms with Crippen LogP contribution in [0.5, 0.6) is 0 Å². The number of anilines is 1. The molecule has 1 aliphatic heterocycles. The van der Waals surface area contributed by atoms with Gasteiger partial charge in [-0.1, -0.05) is 22.0 Å². The van der Waals surface area contributed by atoms with E-state index < -0.39 is 11.7 Å². The maximum atomic E-state index is 12.0. The predicted molar refractivity (Wildman–Crippen MR) is 71.6 cm³/mol. The number of amides is 2. The summed E-state index contributed by atoms with van der Waals surface area (Å²) in [4.78, 5) is 25.0. The Balaban J connectivity index is 2.34. The molecule has 0 fully saturated rings. The highest BCUT2D eigenvalue weighted by Crippen LogP contribution is 2.35. The molecule has 4 nitrogen and oxygen atoms in total. The van der Waals surface area contributed by atoms with Gasteiger partial charge in [-0.2, -0.15) is 0 Å². The molecule has 1 aromatic carbocycles. The molecule has 5 heteroatoms. The first-order chi connectivity index (χ1) is 8.29. The van der Waals surface area contributed by atoms with E-state index in [-0.39, 0.29) is 12.3 Å². The Morgan fingerprint density at radius 3 is 2.67 bits per heavy atom.